The molecule has 0 saturated heterocycles. The summed E-state index contributed by atoms with van der Waals surface area (Å²) in [6, 6.07) is 4.03. The molecule has 0 radical (unpaired) electrons. The number of ether oxygens (including phenoxy) is 1. The predicted molar refractivity (Wildman–Crippen MR) is 107 cm³/mol. The Labute approximate surface area is 167 Å². The van der Waals surface area contributed by atoms with Gasteiger partial charge in [0, 0.05) is 14.8 Å². The molecule has 0 bridgehead atoms. The molecule has 0 aromatic heterocycles. The Kier molecular flexibility index (Phi) is 7.47. The second-order valence-electron chi connectivity index (χ2n) is 7.75. The lowest BCUT2D eigenvalue weighted by Gasteiger charge is -2.46. The van der Waals surface area contributed by atoms with Gasteiger partial charge in [-0.3, -0.25) is 0 Å². The first kappa shape index (κ1) is 23.5. The van der Waals surface area contributed by atoms with Gasteiger partial charge in [0.05, 0.1) is 6.61 Å². The summed E-state index contributed by atoms with van der Waals surface area (Å²) in [5.41, 5.74) is -4.02. The molecule has 0 spiro atoms. The van der Waals surface area contributed by atoms with Crippen LogP contribution < -0.4 is 4.72 Å². The summed E-state index contributed by atoms with van der Waals surface area (Å²) in [4.78, 5) is 0. The zero-order valence-corrected chi connectivity index (χ0v) is 18.5. The highest BCUT2D eigenvalue weighted by Gasteiger charge is 2.62. The summed E-state index contributed by atoms with van der Waals surface area (Å²) in [5.74, 6) is -4.17. The van der Waals surface area contributed by atoms with Crippen LogP contribution in [0.1, 0.15) is 47.1 Å². The van der Waals surface area contributed by atoms with E-state index in [0.29, 0.717) is 4.47 Å². The monoisotopic (exact) mass is 453 g/mol. The van der Waals surface area contributed by atoms with E-state index in [4.69, 9.17) is 4.74 Å². The molecule has 1 rings (SSSR count). The number of rotatable bonds is 8. The standard InChI is InChI=1S/C19H27BrF3NOS/c1-8-11-25-17(5,6)19(22,23)18(7,24-26-16(2,3)4)14-12-13(20)9-10-15(14)21/h8-10,12,24H,1,11H2,2-7H3/t18-/m1/s1. The maximum atomic E-state index is 15.7. The van der Waals surface area contributed by atoms with E-state index in [1.165, 1.54) is 45.0 Å². The Balaban J connectivity index is 3.53. The predicted octanol–water partition coefficient (Wildman–Crippen LogP) is 6.46. The molecule has 0 saturated carbocycles. The topological polar surface area (TPSA) is 21.3 Å². The molecule has 1 aromatic rings. The van der Waals surface area contributed by atoms with Crippen LogP contribution in [-0.4, -0.2) is 22.9 Å². The van der Waals surface area contributed by atoms with Crippen LogP contribution in [-0.2, 0) is 10.3 Å². The second-order valence-corrected chi connectivity index (χ2v) is 10.3. The quantitative estimate of drug-likeness (QED) is 0.360. The maximum absolute atomic E-state index is 15.7. The summed E-state index contributed by atoms with van der Waals surface area (Å²) >= 11 is 4.38. The van der Waals surface area contributed by atoms with E-state index < -0.39 is 22.9 Å². The number of hydrogen-bond acceptors (Lipinski definition) is 3. The summed E-state index contributed by atoms with van der Waals surface area (Å²) in [6.07, 6.45) is 1.41. The molecule has 7 heteroatoms. The minimum absolute atomic E-state index is 0.0357. The SMILES string of the molecule is C=CCOC(C)(C)C(F)(F)[C@](C)(NSC(C)(C)C)c1cc(Br)ccc1F. The third kappa shape index (κ3) is 5.06. The molecule has 0 heterocycles. The van der Waals surface area contributed by atoms with Gasteiger partial charge in [-0.25, -0.2) is 17.9 Å². The molecule has 0 fully saturated rings. The summed E-state index contributed by atoms with van der Waals surface area (Å²) in [7, 11) is 0. The molecule has 148 valence electrons. The second kappa shape index (κ2) is 8.25. The summed E-state index contributed by atoms with van der Waals surface area (Å²) in [5, 5.41) is 0. The molecule has 2 nitrogen and oxygen atoms in total. The first-order valence-electron chi connectivity index (χ1n) is 8.21. The first-order valence-corrected chi connectivity index (χ1v) is 9.82. The fourth-order valence-corrected chi connectivity index (χ4v) is 3.49. The average molecular weight is 454 g/mol. The number of nitrogens with one attached hydrogen (secondary N) is 1. The van der Waals surface area contributed by atoms with Crippen LogP contribution in [0.5, 0.6) is 0 Å². The van der Waals surface area contributed by atoms with Crippen molar-refractivity contribution in [2.45, 2.75) is 63.4 Å². The van der Waals surface area contributed by atoms with Crippen LogP contribution in [0.25, 0.3) is 0 Å². The molecule has 0 unspecified atom stereocenters. The Hall–Kier alpha value is -0.500. The lowest BCUT2D eigenvalue weighted by atomic mass is 9.78. The van der Waals surface area contributed by atoms with Crippen molar-refractivity contribution in [1.29, 1.82) is 0 Å². The minimum atomic E-state index is -3.46. The van der Waals surface area contributed by atoms with Gasteiger partial charge >= 0.3 is 0 Å². The Bertz CT molecular complexity index is 646. The van der Waals surface area contributed by atoms with Crippen LogP contribution in [0.15, 0.2) is 35.3 Å². The van der Waals surface area contributed by atoms with Crippen LogP contribution >= 0.6 is 27.9 Å². The number of benzene rings is 1. The third-order valence-corrected chi connectivity index (χ3v) is 5.59. The van der Waals surface area contributed by atoms with Crippen molar-refractivity contribution in [3.8, 4) is 0 Å². The molecule has 0 aliphatic carbocycles. The van der Waals surface area contributed by atoms with Crippen molar-refractivity contribution in [3.05, 3.63) is 46.7 Å². The van der Waals surface area contributed by atoms with Crippen molar-refractivity contribution >= 4 is 27.9 Å². The van der Waals surface area contributed by atoms with Crippen LogP contribution in [0.2, 0.25) is 0 Å². The number of alkyl halides is 2. The number of halogens is 4. The molecule has 0 aliphatic heterocycles. The smallest absolute Gasteiger partial charge is 0.298 e. The highest BCUT2D eigenvalue weighted by atomic mass is 79.9. The van der Waals surface area contributed by atoms with Crippen LogP contribution in [0.4, 0.5) is 13.2 Å². The first-order chi connectivity index (χ1) is 11.7. The fourth-order valence-electron chi connectivity index (χ4n) is 2.38. The van der Waals surface area contributed by atoms with E-state index in [0.717, 1.165) is 11.9 Å². The highest BCUT2D eigenvalue weighted by molar-refractivity contribution is 9.10. The largest absolute Gasteiger partial charge is 0.365 e. The summed E-state index contributed by atoms with van der Waals surface area (Å²) in [6.45, 7) is 13.0. The lowest BCUT2D eigenvalue weighted by molar-refractivity contribution is -0.224. The van der Waals surface area contributed by atoms with Gasteiger partial charge in [0.2, 0.25) is 0 Å². The van der Waals surface area contributed by atoms with Crippen LogP contribution in [0.3, 0.4) is 0 Å². The normalized spacial score (nSPS) is 15.6. The Morgan fingerprint density at radius 2 is 1.77 bits per heavy atom. The molecular formula is C19H27BrF3NOS. The highest BCUT2D eigenvalue weighted by Crippen LogP contribution is 2.49. The van der Waals surface area contributed by atoms with Crippen molar-refractivity contribution in [1.82, 2.24) is 4.72 Å². The Morgan fingerprint density at radius 3 is 2.27 bits per heavy atom. The van der Waals surface area contributed by atoms with E-state index in [-0.39, 0.29) is 16.9 Å². The van der Waals surface area contributed by atoms with Crippen LogP contribution in [0, 0.1) is 5.82 Å². The molecule has 1 atom stereocenters. The average Bonchev–Trinajstić information content (AvgIpc) is 2.52. The molecule has 1 aromatic carbocycles. The van der Waals surface area contributed by atoms with Crippen molar-refractivity contribution in [3.63, 3.8) is 0 Å². The van der Waals surface area contributed by atoms with Gasteiger partial charge in [0.1, 0.15) is 17.0 Å². The van der Waals surface area contributed by atoms with Gasteiger partial charge in [0.15, 0.2) is 0 Å². The van der Waals surface area contributed by atoms with E-state index in [1.54, 1.807) is 0 Å². The van der Waals surface area contributed by atoms with E-state index in [9.17, 15) is 4.39 Å². The molecule has 0 amide bonds. The van der Waals surface area contributed by atoms with E-state index in [2.05, 4.69) is 27.2 Å². The van der Waals surface area contributed by atoms with Gasteiger partial charge in [-0.2, -0.15) is 0 Å². The Morgan fingerprint density at radius 1 is 1.19 bits per heavy atom. The van der Waals surface area contributed by atoms with Gasteiger partial charge in [0.25, 0.3) is 5.92 Å². The number of hydrogen-bond donors (Lipinski definition) is 1. The van der Waals surface area contributed by atoms with Gasteiger partial charge < -0.3 is 4.74 Å². The van der Waals surface area contributed by atoms with Crippen molar-refractivity contribution in [2.24, 2.45) is 0 Å². The van der Waals surface area contributed by atoms with Gasteiger partial charge in [-0.15, -0.1) is 6.58 Å². The third-order valence-electron chi connectivity index (χ3n) is 3.97. The molecule has 26 heavy (non-hydrogen) atoms. The molecule has 1 N–H and O–H groups in total. The zero-order chi connectivity index (χ0) is 20.4. The minimum Gasteiger partial charge on any atom is -0.365 e. The fraction of sp³-hybridized carbons (Fsp3) is 0.579. The van der Waals surface area contributed by atoms with E-state index >= 15 is 8.78 Å². The van der Waals surface area contributed by atoms with Crippen molar-refractivity contribution < 1.29 is 17.9 Å². The van der Waals surface area contributed by atoms with Gasteiger partial charge in [-0.1, -0.05) is 34.0 Å². The molecular weight excluding hydrogens is 427 g/mol. The molecule has 0 aliphatic rings. The maximum Gasteiger partial charge on any atom is 0.298 e. The van der Waals surface area contributed by atoms with Gasteiger partial charge in [-0.05, 0) is 59.7 Å². The zero-order valence-electron chi connectivity index (χ0n) is 16.1. The summed E-state index contributed by atoms with van der Waals surface area (Å²) < 4.78 is 54.4. The van der Waals surface area contributed by atoms with Crippen molar-refractivity contribution in [2.75, 3.05) is 6.61 Å². The lowest BCUT2D eigenvalue weighted by Crippen LogP contribution is -2.63. The van der Waals surface area contributed by atoms with E-state index in [1.807, 2.05) is 20.8 Å².